The van der Waals surface area contributed by atoms with Crippen LogP contribution in [0, 0.1) is 0 Å². The van der Waals surface area contributed by atoms with Crippen LogP contribution in [-0.2, 0) is 18.2 Å². The van der Waals surface area contributed by atoms with Crippen LogP contribution in [0.15, 0.2) is 0 Å². The minimum absolute atomic E-state index is 0.576. The monoisotopic (exact) mass is 172 g/mol. The molecule has 0 atom stereocenters. The van der Waals surface area contributed by atoms with Crippen LogP contribution in [0.1, 0.15) is 6.42 Å². The molecule has 9 heavy (non-hydrogen) atoms. The summed E-state index contributed by atoms with van der Waals surface area (Å²) in [7, 11) is 0. The van der Waals surface area contributed by atoms with Gasteiger partial charge in [0.25, 0.3) is 0 Å². The third-order valence-electron chi connectivity index (χ3n) is 0.461. The van der Waals surface area contributed by atoms with Crippen molar-refractivity contribution >= 4 is 35.7 Å². The first-order valence-corrected chi connectivity index (χ1v) is 2.45. The Morgan fingerprint density at radius 3 is 1.67 bits per heavy atom. The Hall–Kier alpha value is -0.480. The van der Waals surface area contributed by atoms with E-state index in [9.17, 15) is 9.59 Å². The topological polar surface area (TPSA) is 52.6 Å². The highest BCUT2D eigenvalue weighted by atomic mass is 35.5. The molecule has 0 aromatic carbocycles. The summed E-state index contributed by atoms with van der Waals surface area (Å²) in [6, 6.07) is 0. The zero-order chi connectivity index (χ0) is 7.28. The summed E-state index contributed by atoms with van der Waals surface area (Å²) >= 11 is 9.11. The second kappa shape index (κ2) is 4.40. The SMILES string of the molecule is O=C(CC(=O)OCl)OCl. The molecule has 0 aliphatic rings. The quantitative estimate of drug-likeness (QED) is 0.578. The molecule has 0 N–H and O–H groups in total. The van der Waals surface area contributed by atoms with Crippen molar-refractivity contribution in [1.82, 2.24) is 0 Å². The van der Waals surface area contributed by atoms with Crippen molar-refractivity contribution in [3.05, 3.63) is 0 Å². The molecule has 0 aliphatic carbocycles. The Kier molecular flexibility index (Phi) is 4.17. The van der Waals surface area contributed by atoms with E-state index in [1.165, 1.54) is 0 Å². The van der Waals surface area contributed by atoms with Crippen LogP contribution >= 0.6 is 23.7 Å². The lowest BCUT2D eigenvalue weighted by atomic mass is 10.5. The van der Waals surface area contributed by atoms with Crippen molar-refractivity contribution in [2.45, 2.75) is 6.42 Å². The summed E-state index contributed by atoms with van der Waals surface area (Å²) in [6.45, 7) is 0. The van der Waals surface area contributed by atoms with E-state index in [4.69, 9.17) is 0 Å². The van der Waals surface area contributed by atoms with Gasteiger partial charge in [-0.3, -0.25) is 0 Å². The second-order valence-electron chi connectivity index (χ2n) is 1.08. The molecule has 0 radical (unpaired) electrons. The Labute approximate surface area is 61.0 Å². The Morgan fingerprint density at radius 1 is 1.11 bits per heavy atom. The van der Waals surface area contributed by atoms with Gasteiger partial charge in [0.2, 0.25) is 0 Å². The molecule has 0 heterocycles. The maximum atomic E-state index is 10.1. The van der Waals surface area contributed by atoms with Crippen molar-refractivity contribution in [1.29, 1.82) is 0 Å². The van der Waals surface area contributed by atoms with Gasteiger partial charge in [-0.1, -0.05) is 0 Å². The molecular weight excluding hydrogens is 171 g/mol. The highest BCUT2D eigenvalue weighted by Crippen LogP contribution is 1.93. The lowest BCUT2D eigenvalue weighted by Crippen LogP contribution is -2.06. The van der Waals surface area contributed by atoms with Crippen LogP contribution in [0.5, 0.6) is 0 Å². The predicted octanol–water partition coefficient (Wildman–Crippen LogP) is 0.770. The molecule has 4 nitrogen and oxygen atoms in total. The summed E-state index contributed by atoms with van der Waals surface area (Å²) in [4.78, 5) is 20.1. The molecule has 0 aromatic heterocycles. The normalized spacial score (nSPS) is 8.22. The van der Waals surface area contributed by atoms with Gasteiger partial charge in [0.15, 0.2) is 0 Å². The van der Waals surface area contributed by atoms with E-state index in [1.54, 1.807) is 0 Å². The first kappa shape index (κ1) is 8.52. The summed E-state index contributed by atoms with van der Waals surface area (Å²) in [5.41, 5.74) is 0. The summed E-state index contributed by atoms with van der Waals surface area (Å²) < 4.78 is 7.19. The Bertz CT molecular complexity index is 109. The zero-order valence-corrected chi connectivity index (χ0v) is 5.61. The minimum Gasteiger partial charge on any atom is -0.347 e. The van der Waals surface area contributed by atoms with Crippen LogP contribution < -0.4 is 0 Å². The van der Waals surface area contributed by atoms with Gasteiger partial charge < -0.3 is 8.58 Å². The lowest BCUT2D eigenvalue weighted by molar-refractivity contribution is -0.143. The van der Waals surface area contributed by atoms with E-state index < -0.39 is 18.4 Å². The Morgan fingerprint density at radius 2 is 1.44 bits per heavy atom. The molecular formula is C3H2Cl2O4. The van der Waals surface area contributed by atoms with E-state index in [2.05, 4.69) is 32.3 Å². The van der Waals surface area contributed by atoms with Crippen molar-refractivity contribution in [3.63, 3.8) is 0 Å². The van der Waals surface area contributed by atoms with E-state index in [0.717, 1.165) is 0 Å². The van der Waals surface area contributed by atoms with Gasteiger partial charge in [-0.15, -0.1) is 0 Å². The number of carbonyl (C=O) groups is 2. The standard InChI is InChI=1S/C3H2Cl2O4/c4-8-2(6)1-3(7)9-5/h1H2. The molecule has 0 spiro atoms. The lowest BCUT2D eigenvalue weighted by Gasteiger charge is -1.89. The van der Waals surface area contributed by atoms with Gasteiger partial charge in [0, 0.05) is 0 Å². The van der Waals surface area contributed by atoms with Gasteiger partial charge >= 0.3 is 11.9 Å². The predicted molar refractivity (Wildman–Crippen MR) is 28.5 cm³/mol. The first-order chi connectivity index (χ1) is 4.20. The van der Waals surface area contributed by atoms with Gasteiger partial charge in [-0.05, 0) is 0 Å². The zero-order valence-electron chi connectivity index (χ0n) is 4.10. The molecule has 0 unspecified atom stereocenters. The second-order valence-corrected chi connectivity index (χ2v) is 1.38. The van der Waals surface area contributed by atoms with Crippen molar-refractivity contribution in [3.8, 4) is 0 Å². The molecule has 6 heteroatoms. The van der Waals surface area contributed by atoms with Gasteiger partial charge in [0.05, 0.1) is 0 Å². The fourth-order valence-corrected chi connectivity index (χ4v) is 0.282. The average Bonchev–Trinajstić information content (AvgIpc) is 1.87. The largest absolute Gasteiger partial charge is 0.347 e. The van der Waals surface area contributed by atoms with Gasteiger partial charge in [0.1, 0.15) is 30.2 Å². The van der Waals surface area contributed by atoms with Gasteiger partial charge in [-0.25, -0.2) is 9.59 Å². The first-order valence-electron chi connectivity index (χ1n) is 1.83. The van der Waals surface area contributed by atoms with Crippen LogP contribution in [-0.4, -0.2) is 11.9 Å². The molecule has 0 bridgehead atoms. The van der Waals surface area contributed by atoms with Crippen molar-refractivity contribution < 1.29 is 18.2 Å². The summed E-state index contributed by atoms with van der Waals surface area (Å²) in [6.07, 6.45) is -0.576. The summed E-state index contributed by atoms with van der Waals surface area (Å²) in [5, 5.41) is 0. The minimum atomic E-state index is -0.901. The third-order valence-corrected chi connectivity index (χ3v) is 0.805. The summed E-state index contributed by atoms with van der Waals surface area (Å²) in [5.74, 6) is -1.80. The molecule has 0 amide bonds. The average molecular weight is 173 g/mol. The molecule has 0 aliphatic heterocycles. The highest BCUT2D eigenvalue weighted by molar-refractivity contribution is 6.17. The molecule has 0 fully saturated rings. The fourth-order valence-electron chi connectivity index (χ4n) is 0.172. The Balaban J connectivity index is 3.47. The highest BCUT2D eigenvalue weighted by Gasteiger charge is 2.10. The number of carbonyl (C=O) groups excluding carboxylic acids is 2. The van der Waals surface area contributed by atoms with Crippen molar-refractivity contribution in [2.75, 3.05) is 0 Å². The molecule has 52 valence electrons. The maximum absolute atomic E-state index is 10.1. The van der Waals surface area contributed by atoms with E-state index in [1.807, 2.05) is 0 Å². The van der Waals surface area contributed by atoms with Gasteiger partial charge in [-0.2, -0.15) is 0 Å². The number of halogens is 2. The third kappa shape index (κ3) is 4.05. The molecule has 0 saturated heterocycles. The smallest absolute Gasteiger partial charge is 0.335 e. The van der Waals surface area contributed by atoms with Crippen LogP contribution in [0.4, 0.5) is 0 Å². The van der Waals surface area contributed by atoms with Crippen molar-refractivity contribution in [2.24, 2.45) is 0 Å². The van der Waals surface area contributed by atoms with E-state index in [-0.39, 0.29) is 0 Å². The molecule has 0 aromatic rings. The van der Waals surface area contributed by atoms with E-state index >= 15 is 0 Å². The van der Waals surface area contributed by atoms with Crippen LogP contribution in [0.25, 0.3) is 0 Å². The van der Waals surface area contributed by atoms with E-state index in [0.29, 0.717) is 0 Å². The fraction of sp³-hybridized carbons (Fsp3) is 0.333. The van der Waals surface area contributed by atoms with Crippen LogP contribution in [0.3, 0.4) is 0 Å². The number of hydrogen-bond donors (Lipinski definition) is 0. The molecule has 0 rings (SSSR count). The van der Waals surface area contributed by atoms with Crippen LogP contribution in [0.2, 0.25) is 0 Å². The number of hydrogen-bond acceptors (Lipinski definition) is 4. The maximum Gasteiger partial charge on any atom is 0.335 e. The number of rotatable bonds is 2. The molecule has 0 saturated carbocycles.